The average molecular weight is 162 g/mol. The van der Waals surface area contributed by atoms with Gasteiger partial charge in [-0.1, -0.05) is 62.8 Å². The summed E-state index contributed by atoms with van der Waals surface area (Å²) in [5.74, 6) is 0. The van der Waals surface area contributed by atoms with E-state index in [0.29, 0.717) is 0 Å². The van der Waals surface area contributed by atoms with Crippen LogP contribution in [0, 0.1) is 0 Å². The Morgan fingerprint density at radius 1 is 1.17 bits per heavy atom. The van der Waals surface area contributed by atoms with Gasteiger partial charge in [0.05, 0.1) is 0 Å². The molecule has 0 amide bonds. The molecule has 0 spiro atoms. The number of hydrogen-bond donors (Lipinski definition) is 0. The van der Waals surface area contributed by atoms with E-state index in [2.05, 4.69) is 32.6 Å². The van der Waals surface area contributed by atoms with Crippen LogP contribution in [0.5, 0.6) is 0 Å². The van der Waals surface area contributed by atoms with Crippen LogP contribution in [0.4, 0.5) is 0 Å². The van der Waals surface area contributed by atoms with Crippen molar-refractivity contribution in [2.45, 2.75) is 27.2 Å². The predicted octanol–water partition coefficient (Wildman–Crippen LogP) is 4.14. The van der Waals surface area contributed by atoms with Gasteiger partial charge in [-0.15, -0.1) is 0 Å². The first-order valence-corrected chi connectivity index (χ1v) is 4.43. The van der Waals surface area contributed by atoms with E-state index in [4.69, 9.17) is 0 Å². The summed E-state index contributed by atoms with van der Waals surface area (Å²) in [5, 5.41) is 0. The maximum Gasteiger partial charge on any atom is -0.0233 e. The molecule has 0 heterocycles. The summed E-state index contributed by atoms with van der Waals surface area (Å²) in [4.78, 5) is 0. The molecule has 0 radical (unpaired) electrons. The summed E-state index contributed by atoms with van der Waals surface area (Å²) in [6.45, 7) is 10.1. The second-order valence-corrected chi connectivity index (χ2v) is 2.85. The van der Waals surface area contributed by atoms with Gasteiger partial charge in [0.25, 0.3) is 0 Å². The molecule has 12 heavy (non-hydrogen) atoms. The molecule has 1 rings (SSSR count). The van der Waals surface area contributed by atoms with Crippen molar-refractivity contribution in [3.63, 3.8) is 0 Å². The van der Waals surface area contributed by atoms with E-state index in [9.17, 15) is 0 Å². The highest BCUT2D eigenvalue weighted by molar-refractivity contribution is 5.60. The molecule has 1 aromatic rings. The third-order valence-electron chi connectivity index (χ3n) is 1.27. The summed E-state index contributed by atoms with van der Waals surface area (Å²) in [6.07, 6.45) is 1.25. The lowest BCUT2D eigenvalue weighted by Gasteiger charge is -1.94. The monoisotopic (exact) mass is 162 g/mol. The summed E-state index contributed by atoms with van der Waals surface area (Å²) in [5.41, 5.74) is 2.34. The van der Waals surface area contributed by atoms with Gasteiger partial charge >= 0.3 is 0 Å². The van der Waals surface area contributed by atoms with Gasteiger partial charge in [0.2, 0.25) is 0 Å². The molecule has 66 valence electrons. The van der Waals surface area contributed by atoms with Gasteiger partial charge in [-0.2, -0.15) is 0 Å². The summed E-state index contributed by atoms with van der Waals surface area (Å²) >= 11 is 0. The summed E-state index contributed by atoms with van der Waals surface area (Å²) in [6, 6.07) is 10.2. The van der Waals surface area contributed by atoms with Gasteiger partial charge in [0, 0.05) is 0 Å². The molecule has 0 bridgehead atoms. The quantitative estimate of drug-likeness (QED) is 0.582. The van der Waals surface area contributed by atoms with Crippen LogP contribution in [0.25, 0.3) is 5.57 Å². The molecule has 0 nitrogen and oxygen atoms in total. The Morgan fingerprint density at radius 3 is 1.83 bits per heavy atom. The number of rotatable bonds is 1. The normalized spacial score (nSPS) is 8.25. The van der Waals surface area contributed by atoms with Crippen molar-refractivity contribution in [2.24, 2.45) is 0 Å². The SMILES string of the molecule is C=C(C)c1ccccc1.CCC. The average Bonchev–Trinajstić information content (AvgIpc) is 2.07. The summed E-state index contributed by atoms with van der Waals surface area (Å²) in [7, 11) is 0. The van der Waals surface area contributed by atoms with Crippen LogP contribution in [0.2, 0.25) is 0 Å². The number of benzene rings is 1. The minimum absolute atomic E-state index is 1.12. The Hall–Kier alpha value is -1.04. The molecule has 0 atom stereocenters. The van der Waals surface area contributed by atoms with Crippen LogP contribution in [-0.4, -0.2) is 0 Å². The molecular formula is C12H18. The zero-order chi connectivity index (χ0) is 9.40. The van der Waals surface area contributed by atoms with E-state index in [1.54, 1.807) is 0 Å². The lowest BCUT2D eigenvalue weighted by atomic mass is 10.1. The lowest BCUT2D eigenvalue weighted by molar-refractivity contribution is 1.09. The molecule has 0 saturated heterocycles. The Morgan fingerprint density at radius 2 is 1.58 bits per heavy atom. The molecule has 0 unspecified atom stereocenters. The van der Waals surface area contributed by atoms with Crippen LogP contribution in [0.15, 0.2) is 36.9 Å². The fraction of sp³-hybridized carbons (Fsp3) is 0.333. The maximum atomic E-state index is 3.83. The Balaban J connectivity index is 0.000000354. The van der Waals surface area contributed by atoms with Crippen molar-refractivity contribution in [1.82, 2.24) is 0 Å². The predicted molar refractivity (Wildman–Crippen MR) is 57.1 cm³/mol. The van der Waals surface area contributed by atoms with Gasteiger partial charge < -0.3 is 0 Å². The maximum absolute atomic E-state index is 3.83. The minimum Gasteiger partial charge on any atom is -0.0955 e. The third kappa shape index (κ3) is 4.73. The van der Waals surface area contributed by atoms with Crippen LogP contribution >= 0.6 is 0 Å². The highest BCUT2D eigenvalue weighted by atomic mass is 13.9. The Bertz CT molecular complexity index is 209. The molecule has 0 saturated carbocycles. The smallest absolute Gasteiger partial charge is 0.0233 e. The first kappa shape index (κ1) is 11.0. The number of allylic oxidation sites excluding steroid dienone is 1. The summed E-state index contributed by atoms with van der Waals surface area (Å²) < 4.78 is 0. The van der Waals surface area contributed by atoms with Crippen molar-refractivity contribution in [2.75, 3.05) is 0 Å². The Kier molecular flexibility index (Phi) is 6.08. The Labute approximate surface area is 75.9 Å². The molecular weight excluding hydrogens is 144 g/mol. The second-order valence-electron chi connectivity index (χ2n) is 2.85. The van der Waals surface area contributed by atoms with Gasteiger partial charge in [-0.25, -0.2) is 0 Å². The van der Waals surface area contributed by atoms with Crippen molar-refractivity contribution in [1.29, 1.82) is 0 Å². The molecule has 0 aromatic heterocycles. The van der Waals surface area contributed by atoms with Crippen molar-refractivity contribution >= 4 is 5.57 Å². The molecule has 0 heteroatoms. The topological polar surface area (TPSA) is 0 Å². The first-order chi connectivity index (χ1) is 5.72. The van der Waals surface area contributed by atoms with Gasteiger partial charge in [0.15, 0.2) is 0 Å². The van der Waals surface area contributed by atoms with Crippen LogP contribution in [0.3, 0.4) is 0 Å². The van der Waals surface area contributed by atoms with Crippen LogP contribution < -0.4 is 0 Å². The van der Waals surface area contributed by atoms with E-state index in [0.717, 1.165) is 5.57 Å². The lowest BCUT2D eigenvalue weighted by Crippen LogP contribution is -1.72. The minimum atomic E-state index is 1.12. The van der Waals surface area contributed by atoms with Gasteiger partial charge in [0.1, 0.15) is 0 Å². The van der Waals surface area contributed by atoms with E-state index in [-0.39, 0.29) is 0 Å². The van der Waals surface area contributed by atoms with E-state index in [1.165, 1.54) is 12.0 Å². The van der Waals surface area contributed by atoms with Crippen LogP contribution in [0.1, 0.15) is 32.8 Å². The largest absolute Gasteiger partial charge is 0.0955 e. The standard InChI is InChI=1S/C9H10.C3H8/c1-8(2)9-6-4-3-5-7-9;1-3-2/h3-7H,1H2,2H3;3H2,1-2H3. The van der Waals surface area contributed by atoms with Gasteiger partial charge in [-0.05, 0) is 12.5 Å². The van der Waals surface area contributed by atoms with Crippen molar-refractivity contribution < 1.29 is 0 Å². The van der Waals surface area contributed by atoms with E-state index >= 15 is 0 Å². The molecule has 0 fully saturated rings. The van der Waals surface area contributed by atoms with Crippen molar-refractivity contribution in [3.05, 3.63) is 42.5 Å². The fourth-order valence-corrected chi connectivity index (χ4v) is 0.723. The molecule has 0 aliphatic heterocycles. The van der Waals surface area contributed by atoms with Crippen molar-refractivity contribution in [3.8, 4) is 0 Å². The zero-order valence-electron chi connectivity index (χ0n) is 8.30. The van der Waals surface area contributed by atoms with E-state index < -0.39 is 0 Å². The molecule has 0 N–H and O–H groups in total. The fourth-order valence-electron chi connectivity index (χ4n) is 0.723. The molecule has 0 aliphatic rings. The highest BCUT2D eigenvalue weighted by Crippen LogP contribution is 2.08. The first-order valence-electron chi connectivity index (χ1n) is 4.43. The van der Waals surface area contributed by atoms with Gasteiger partial charge in [-0.3, -0.25) is 0 Å². The highest BCUT2D eigenvalue weighted by Gasteiger charge is 1.86. The molecule has 0 aliphatic carbocycles. The van der Waals surface area contributed by atoms with E-state index in [1.807, 2.05) is 25.1 Å². The van der Waals surface area contributed by atoms with Crippen LogP contribution in [-0.2, 0) is 0 Å². The second kappa shape index (κ2) is 6.66. The third-order valence-corrected chi connectivity index (χ3v) is 1.27. The number of hydrogen-bond acceptors (Lipinski definition) is 0. The zero-order valence-corrected chi connectivity index (χ0v) is 8.30. The molecule has 1 aromatic carbocycles.